The van der Waals surface area contributed by atoms with E-state index in [1.165, 1.54) is 3.57 Å². The van der Waals surface area contributed by atoms with Crippen LogP contribution in [0.1, 0.15) is 0 Å². The molecule has 3 rings (SSSR count). The van der Waals surface area contributed by atoms with E-state index in [-0.39, 0.29) is 0 Å². The van der Waals surface area contributed by atoms with Crippen molar-refractivity contribution in [1.29, 1.82) is 0 Å². The monoisotopic (exact) mass is 350 g/mol. The van der Waals surface area contributed by atoms with Crippen molar-refractivity contribution >= 4 is 39.3 Å². The van der Waals surface area contributed by atoms with Gasteiger partial charge in [0.15, 0.2) is 0 Å². The predicted molar refractivity (Wildman–Crippen MR) is 80.3 cm³/mol. The van der Waals surface area contributed by atoms with Gasteiger partial charge in [0.05, 0.1) is 5.52 Å². The van der Waals surface area contributed by atoms with Crippen LogP contribution >= 0.6 is 22.6 Å². The highest BCUT2D eigenvalue weighted by Crippen LogP contribution is 2.17. The fraction of sp³-hybridized carbons (Fsp3) is 0.0769. The zero-order valence-electron chi connectivity index (χ0n) is 9.55. The molecule has 0 bridgehead atoms. The summed E-state index contributed by atoms with van der Waals surface area (Å²) in [6, 6.07) is 16.1. The lowest BCUT2D eigenvalue weighted by Crippen LogP contribution is -2.10. The summed E-state index contributed by atoms with van der Waals surface area (Å²) >= 11 is 2.31. The number of nitrogens with zero attached hydrogens (tertiary/aromatic N) is 3. The summed E-state index contributed by atoms with van der Waals surface area (Å²) in [6.45, 7) is 0.612. The zero-order chi connectivity index (χ0) is 12.4. The Morgan fingerprint density at radius 2 is 1.83 bits per heavy atom. The molecule has 4 nitrogen and oxygen atoms in total. The summed E-state index contributed by atoms with van der Waals surface area (Å²) < 4.78 is 3.05. The van der Waals surface area contributed by atoms with Gasteiger partial charge in [0, 0.05) is 9.26 Å². The van der Waals surface area contributed by atoms with Gasteiger partial charge in [-0.3, -0.25) is 0 Å². The van der Waals surface area contributed by atoms with Crippen molar-refractivity contribution in [2.45, 2.75) is 6.67 Å². The lowest BCUT2D eigenvalue weighted by molar-refractivity contribution is 0.655. The van der Waals surface area contributed by atoms with Gasteiger partial charge in [-0.1, -0.05) is 29.5 Å². The molecule has 0 aliphatic rings. The minimum absolute atomic E-state index is 0.612. The Morgan fingerprint density at radius 1 is 1.06 bits per heavy atom. The van der Waals surface area contributed by atoms with Gasteiger partial charge in [-0.15, -0.1) is 5.10 Å². The molecule has 0 aliphatic heterocycles. The van der Waals surface area contributed by atoms with Gasteiger partial charge in [0.25, 0.3) is 0 Å². The Kier molecular flexibility index (Phi) is 3.14. The van der Waals surface area contributed by atoms with Gasteiger partial charge in [0.2, 0.25) is 0 Å². The third kappa shape index (κ3) is 2.17. The van der Waals surface area contributed by atoms with Crippen LogP contribution in [-0.2, 0) is 6.67 Å². The first-order valence-electron chi connectivity index (χ1n) is 5.61. The van der Waals surface area contributed by atoms with E-state index in [2.05, 4.69) is 50.4 Å². The average molecular weight is 350 g/mol. The molecule has 1 aromatic heterocycles. The maximum atomic E-state index is 4.14. The SMILES string of the molecule is Ic1ccccc1NCn1nnc2ccccc21. The molecule has 0 fully saturated rings. The maximum Gasteiger partial charge on any atom is 0.113 e. The lowest BCUT2D eigenvalue weighted by Gasteiger charge is -2.08. The third-order valence-electron chi connectivity index (χ3n) is 2.71. The highest BCUT2D eigenvalue weighted by Gasteiger charge is 2.03. The van der Waals surface area contributed by atoms with Crippen LogP contribution in [0.2, 0.25) is 0 Å². The highest BCUT2D eigenvalue weighted by atomic mass is 127. The minimum atomic E-state index is 0.612. The van der Waals surface area contributed by atoms with Gasteiger partial charge in [0.1, 0.15) is 12.2 Å². The highest BCUT2D eigenvalue weighted by molar-refractivity contribution is 14.1. The first-order valence-corrected chi connectivity index (χ1v) is 6.69. The van der Waals surface area contributed by atoms with Gasteiger partial charge in [-0.25, -0.2) is 4.68 Å². The van der Waals surface area contributed by atoms with Crippen LogP contribution in [-0.4, -0.2) is 15.0 Å². The molecule has 0 saturated carbocycles. The summed E-state index contributed by atoms with van der Waals surface area (Å²) in [5.41, 5.74) is 3.07. The van der Waals surface area contributed by atoms with E-state index in [0.29, 0.717) is 6.67 Å². The van der Waals surface area contributed by atoms with Crippen molar-refractivity contribution in [3.63, 3.8) is 0 Å². The standard InChI is InChI=1S/C13H11IN4/c14-10-5-1-2-6-11(10)15-9-18-13-8-4-3-7-12(13)16-17-18/h1-8,15H,9H2. The largest absolute Gasteiger partial charge is 0.365 e. The molecule has 0 saturated heterocycles. The molecular formula is C13H11IN4. The van der Waals surface area contributed by atoms with Crippen molar-refractivity contribution in [2.24, 2.45) is 0 Å². The van der Waals surface area contributed by atoms with E-state index < -0.39 is 0 Å². The Bertz CT molecular complexity index is 677. The van der Waals surface area contributed by atoms with Crippen molar-refractivity contribution in [3.8, 4) is 0 Å². The Hall–Kier alpha value is -1.63. The molecule has 1 N–H and O–H groups in total. The second-order valence-electron chi connectivity index (χ2n) is 3.89. The Labute approximate surface area is 118 Å². The third-order valence-corrected chi connectivity index (χ3v) is 3.65. The molecule has 0 spiro atoms. The maximum absolute atomic E-state index is 4.14. The molecule has 2 aromatic carbocycles. The van der Waals surface area contributed by atoms with Crippen LogP contribution < -0.4 is 5.32 Å². The van der Waals surface area contributed by atoms with E-state index in [0.717, 1.165) is 16.7 Å². The Balaban J connectivity index is 1.83. The molecule has 0 unspecified atom stereocenters. The van der Waals surface area contributed by atoms with Crippen molar-refractivity contribution in [3.05, 3.63) is 52.1 Å². The number of benzene rings is 2. The average Bonchev–Trinajstić information content (AvgIpc) is 2.81. The minimum Gasteiger partial charge on any atom is -0.365 e. The second-order valence-corrected chi connectivity index (χ2v) is 5.05. The molecule has 0 amide bonds. The number of rotatable bonds is 3. The number of hydrogen-bond acceptors (Lipinski definition) is 3. The van der Waals surface area contributed by atoms with E-state index >= 15 is 0 Å². The topological polar surface area (TPSA) is 42.7 Å². The van der Waals surface area contributed by atoms with Gasteiger partial charge < -0.3 is 5.32 Å². The molecule has 1 heterocycles. The molecule has 0 atom stereocenters. The summed E-state index contributed by atoms with van der Waals surface area (Å²) in [5, 5.41) is 11.6. The summed E-state index contributed by atoms with van der Waals surface area (Å²) in [5.74, 6) is 0. The fourth-order valence-corrected chi connectivity index (χ4v) is 2.38. The molecule has 0 radical (unpaired) electrons. The number of halogens is 1. The Morgan fingerprint density at radius 3 is 2.72 bits per heavy atom. The van der Waals surface area contributed by atoms with Crippen molar-refractivity contribution in [1.82, 2.24) is 15.0 Å². The molecular weight excluding hydrogens is 339 g/mol. The van der Waals surface area contributed by atoms with Crippen LogP contribution in [0.5, 0.6) is 0 Å². The number of aromatic nitrogens is 3. The quantitative estimate of drug-likeness (QED) is 0.739. The number of para-hydroxylation sites is 2. The van der Waals surface area contributed by atoms with E-state index in [1.54, 1.807) is 0 Å². The van der Waals surface area contributed by atoms with Crippen LogP contribution in [0.25, 0.3) is 11.0 Å². The lowest BCUT2D eigenvalue weighted by atomic mass is 10.3. The zero-order valence-corrected chi connectivity index (χ0v) is 11.7. The summed E-state index contributed by atoms with van der Waals surface area (Å²) in [6.07, 6.45) is 0. The number of hydrogen-bond donors (Lipinski definition) is 1. The van der Waals surface area contributed by atoms with Gasteiger partial charge >= 0.3 is 0 Å². The molecule has 3 aromatic rings. The first kappa shape index (κ1) is 11.5. The van der Waals surface area contributed by atoms with Crippen LogP contribution in [0, 0.1) is 3.57 Å². The smallest absolute Gasteiger partial charge is 0.113 e. The van der Waals surface area contributed by atoms with E-state index in [1.807, 2.05) is 41.1 Å². The molecule has 18 heavy (non-hydrogen) atoms. The number of nitrogens with one attached hydrogen (secondary N) is 1. The molecule has 0 aliphatic carbocycles. The van der Waals surface area contributed by atoms with Gasteiger partial charge in [-0.2, -0.15) is 0 Å². The summed E-state index contributed by atoms with van der Waals surface area (Å²) in [7, 11) is 0. The van der Waals surface area contributed by atoms with Gasteiger partial charge in [-0.05, 0) is 46.9 Å². The van der Waals surface area contributed by atoms with Crippen LogP contribution in [0.4, 0.5) is 5.69 Å². The predicted octanol–water partition coefficient (Wildman–Crippen LogP) is 3.11. The number of anilines is 1. The van der Waals surface area contributed by atoms with E-state index in [4.69, 9.17) is 0 Å². The van der Waals surface area contributed by atoms with Crippen LogP contribution in [0.3, 0.4) is 0 Å². The normalized spacial score (nSPS) is 10.7. The molecule has 90 valence electrons. The first-order chi connectivity index (χ1) is 8.84. The van der Waals surface area contributed by atoms with E-state index in [9.17, 15) is 0 Å². The van der Waals surface area contributed by atoms with Crippen molar-refractivity contribution in [2.75, 3.05) is 5.32 Å². The van der Waals surface area contributed by atoms with Crippen LogP contribution in [0.15, 0.2) is 48.5 Å². The fourth-order valence-electron chi connectivity index (χ4n) is 1.80. The van der Waals surface area contributed by atoms with Crippen molar-refractivity contribution < 1.29 is 0 Å². The number of fused-ring (bicyclic) bond motifs is 1. The summed E-state index contributed by atoms with van der Waals surface area (Å²) in [4.78, 5) is 0. The second kappa shape index (κ2) is 4.93. The molecule has 5 heteroatoms.